The average molecular weight is 460 g/mol. The minimum Gasteiger partial charge on any atom is -0.465 e. The van der Waals surface area contributed by atoms with Crippen LogP contribution in [0.3, 0.4) is 0 Å². The minimum atomic E-state index is -1.23. The van der Waals surface area contributed by atoms with Crippen molar-refractivity contribution < 1.29 is 24.6 Å². The van der Waals surface area contributed by atoms with Crippen molar-refractivity contribution in [2.24, 2.45) is 5.92 Å². The lowest BCUT2D eigenvalue weighted by atomic mass is 9.84. The number of amides is 3. The van der Waals surface area contributed by atoms with Gasteiger partial charge >= 0.3 is 6.09 Å². The Kier molecular flexibility index (Phi) is 9.54. The first-order chi connectivity index (χ1) is 16.0. The number of fused-ring (bicyclic) bond motifs is 1. The molecule has 1 aromatic rings. The normalized spacial score (nSPS) is 18.5. The molecule has 1 aliphatic carbocycles. The predicted octanol–water partition coefficient (Wildman–Crippen LogP) is 3.22. The van der Waals surface area contributed by atoms with Gasteiger partial charge in [0, 0.05) is 18.7 Å². The van der Waals surface area contributed by atoms with Gasteiger partial charge < -0.3 is 25.7 Å². The third-order valence-electron chi connectivity index (χ3n) is 6.84. The largest absolute Gasteiger partial charge is 0.465 e. The lowest BCUT2D eigenvalue weighted by molar-refractivity contribution is -0.125. The number of carbonyl (C=O) groups is 3. The first-order valence-electron chi connectivity index (χ1n) is 12.3. The van der Waals surface area contributed by atoms with Gasteiger partial charge in [0.05, 0.1) is 12.6 Å². The van der Waals surface area contributed by atoms with E-state index < -0.39 is 24.1 Å². The molecular weight excluding hydrogens is 422 g/mol. The van der Waals surface area contributed by atoms with E-state index in [9.17, 15) is 24.6 Å². The third-order valence-corrected chi connectivity index (χ3v) is 6.84. The summed E-state index contributed by atoms with van der Waals surface area (Å²) in [5.41, 5.74) is 2.11. The molecule has 1 aliphatic heterocycles. The number of hydrogen-bond acceptors (Lipinski definition) is 4. The highest BCUT2D eigenvalue weighted by atomic mass is 16.4. The van der Waals surface area contributed by atoms with E-state index in [1.807, 2.05) is 23.1 Å². The van der Waals surface area contributed by atoms with Gasteiger partial charge in [-0.3, -0.25) is 9.59 Å². The first kappa shape index (κ1) is 25.0. The summed E-state index contributed by atoms with van der Waals surface area (Å²) >= 11 is 0. The van der Waals surface area contributed by atoms with Gasteiger partial charge in [-0.15, -0.1) is 0 Å². The van der Waals surface area contributed by atoms with Gasteiger partial charge in [0.25, 0.3) is 0 Å². The van der Waals surface area contributed by atoms with Crippen molar-refractivity contribution >= 4 is 23.6 Å². The molecule has 8 heteroatoms. The predicted molar refractivity (Wildman–Crippen MR) is 126 cm³/mol. The molecule has 4 N–H and O–H groups in total. The molecule has 1 saturated carbocycles. The molecule has 2 unspecified atom stereocenters. The van der Waals surface area contributed by atoms with Crippen LogP contribution in [0.1, 0.15) is 69.8 Å². The number of carboxylic acid groups (broad SMARTS) is 1. The lowest BCUT2D eigenvalue weighted by Crippen LogP contribution is -2.51. The van der Waals surface area contributed by atoms with Crippen molar-refractivity contribution in [1.82, 2.24) is 10.6 Å². The van der Waals surface area contributed by atoms with E-state index >= 15 is 0 Å². The Morgan fingerprint density at radius 2 is 1.79 bits per heavy atom. The molecule has 0 bridgehead atoms. The van der Waals surface area contributed by atoms with Crippen LogP contribution in [0.5, 0.6) is 0 Å². The number of aryl methyl sites for hydroxylation is 1. The summed E-state index contributed by atoms with van der Waals surface area (Å²) < 4.78 is 0. The van der Waals surface area contributed by atoms with Gasteiger partial charge in [0.2, 0.25) is 11.8 Å². The van der Waals surface area contributed by atoms with E-state index in [2.05, 4.69) is 16.7 Å². The number of nitrogens with zero attached hydrogens (tertiary/aromatic N) is 1. The van der Waals surface area contributed by atoms with Crippen LogP contribution in [-0.2, 0) is 16.0 Å². The Bertz CT molecular complexity index is 809. The van der Waals surface area contributed by atoms with Crippen LogP contribution in [0.15, 0.2) is 24.3 Å². The Morgan fingerprint density at radius 1 is 1.03 bits per heavy atom. The molecule has 0 radical (unpaired) electrons. The lowest BCUT2D eigenvalue weighted by Gasteiger charge is -2.27. The second-order valence-electron chi connectivity index (χ2n) is 9.30. The molecule has 0 aromatic heterocycles. The number of rotatable bonds is 9. The number of benzene rings is 1. The van der Waals surface area contributed by atoms with Crippen LogP contribution in [0.2, 0.25) is 0 Å². The topological polar surface area (TPSA) is 119 Å². The maximum atomic E-state index is 13.0. The van der Waals surface area contributed by atoms with Gasteiger partial charge in [0.15, 0.2) is 0 Å². The maximum Gasteiger partial charge on any atom is 0.405 e. The zero-order valence-electron chi connectivity index (χ0n) is 19.3. The second-order valence-corrected chi connectivity index (χ2v) is 9.30. The molecule has 182 valence electrons. The summed E-state index contributed by atoms with van der Waals surface area (Å²) in [6, 6.07) is 6.49. The fourth-order valence-corrected chi connectivity index (χ4v) is 5.03. The summed E-state index contributed by atoms with van der Waals surface area (Å²) in [6.45, 7) is 0.358. The number of aliphatic hydroxyl groups is 1. The van der Waals surface area contributed by atoms with Gasteiger partial charge in [-0.2, -0.15) is 0 Å². The van der Waals surface area contributed by atoms with Crippen molar-refractivity contribution in [1.29, 1.82) is 0 Å². The monoisotopic (exact) mass is 459 g/mol. The van der Waals surface area contributed by atoms with Crippen molar-refractivity contribution in [3.8, 4) is 0 Å². The van der Waals surface area contributed by atoms with Crippen LogP contribution in [0.4, 0.5) is 10.5 Å². The number of anilines is 1. The molecule has 33 heavy (non-hydrogen) atoms. The smallest absolute Gasteiger partial charge is 0.405 e. The molecule has 0 spiro atoms. The van der Waals surface area contributed by atoms with Crippen molar-refractivity contribution in [2.75, 3.05) is 18.1 Å². The van der Waals surface area contributed by atoms with Gasteiger partial charge in [-0.05, 0) is 49.7 Å². The fraction of sp³-hybridized carbons (Fsp3) is 0.640. The maximum absolute atomic E-state index is 13.0. The molecule has 8 nitrogen and oxygen atoms in total. The quantitative estimate of drug-likeness (QED) is 0.452. The molecule has 3 amide bonds. The summed E-state index contributed by atoms with van der Waals surface area (Å²) in [7, 11) is 0. The number of aliphatic hydroxyl groups excluding tert-OH is 1. The van der Waals surface area contributed by atoms with E-state index in [0.29, 0.717) is 25.3 Å². The van der Waals surface area contributed by atoms with Crippen molar-refractivity contribution in [3.63, 3.8) is 0 Å². The fourth-order valence-electron chi connectivity index (χ4n) is 5.03. The SMILES string of the molecule is O=C(O)NC(CC1CCCCC1)C(=O)NC(CO)CCC(=O)N1CCCCc2ccccc21. The van der Waals surface area contributed by atoms with Crippen LogP contribution in [0.25, 0.3) is 0 Å². The molecule has 3 rings (SSSR count). The van der Waals surface area contributed by atoms with Crippen LogP contribution >= 0.6 is 0 Å². The molecule has 2 atom stereocenters. The van der Waals surface area contributed by atoms with E-state index in [1.165, 1.54) is 12.0 Å². The van der Waals surface area contributed by atoms with Crippen molar-refractivity contribution in [2.45, 2.75) is 82.7 Å². The van der Waals surface area contributed by atoms with Gasteiger partial charge in [0.1, 0.15) is 6.04 Å². The van der Waals surface area contributed by atoms with E-state index in [4.69, 9.17) is 0 Å². The van der Waals surface area contributed by atoms with Gasteiger partial charge in [-0.25, -0.2) is 4.79 Å². The summed E-state index contributed by atoms with van der Waals surface area (Å²) in [5.74, 6) is -0.146. The highest BCUT2D eigenvalue weighted by molar-refractivity contribution is 5.94. The Hall–Kier alpha value is -2.61. The highest BCUT2D eigenvalue weighted by Gasteiger charge is 2.28. The molecule has 1 aromatic carbocycles. The minimum absolute atomic E-state index is 0.0283. The molecule has 2 aliphatic rings. The first-order valence-corrected chi connectivity index (χ1v) is 12.3. The molecular formula is C25H37N3O5. The zero-order valence-corrected chi connectivity index (χ0v) is 19.3. The van der Waals surface area contributed by atoms with E-state index in [-0.39, 0.29) is 18.9 Å². The highest BCUT2D eigenvalue weighted by Crippen LogP contribution is 2.28. The standard InChI is InChI=1S/C25H37N3O5/c29-17-20(26-24(31)21(27-25(32)33)16-18-8-2-1-3-9-18)13-14-23(30)28-15-7-6-11-19-10-4-5-12-22(19)28/h4-5,10,12,18,20-21,27,29H,1-3,6-9,11,13-17H2,(H,26,31)(H,32,33). The number of para-hydroxylation sites is 1. The van der Waals surface area contributed by atoms with Crippen LogP contribution in [0, 0.1) is 5.92 Å². The Balaban J connectivity index is 1.56. The summed E-state index contributed by atoms with van der Waals surface area (Å²) in [4.78, 5) is 38.9. The van der Waals surface area contributed by atoms with Crippen molar-refractivity contribution in [3.05, 3.63) is 29.8 Å². The second kappa shape index (κ2) is 12.6. The van der Waals surface area contributed by atoms with E-state index in [1.54, 1.807) is 0 Å². The number of carbonyl (C=O) groups excluding carboxylic acids is 2. The Morgan fingerprint density at radius 3 is 2.52 bits per heavy atom. The number of nitrogens with one attached hydrogen (secondary N) is 2. The third kappa shape index (κ3) is 7.45. The summed E-state index contributed by atoms with van der Waals surface area (Å²) in [5, 5.41) is 24.1. The molecule has 1 heterocycles. The van der Waals surface area contributed by atoms with Gasteiger partial charge in [-0.1, -0.05) is 50.3 Å². The Labute approximate surface area is 195 Å². The zero-order chi connectivity index (χ0) is 23.6. The summed E-state index contributed by atoms with van der Waals surface area (Å²) in [6.07, 6.45) is 8.03. The van der Waals surface area contributed by atoms with Crippen LogP contribution < -0.4 is 15.5 Å². The number of hydrogen-bond donors (Lipinski definition) is 4. The molecule has 1 fully saturated rings. The molecule has 0 saturated heterocycles. The van der Waals surface area contributed by atoms with Crippen LogP contribution in [-0.4, -0.2) is 53.4 Å². The van der Waals surface area contributed by atoms with E-state index in [0.717, 1.165) is 50.6 Å². The average Bonchev–Trinajstić information content (AvgIpc) is 3.04.